The van der Waals surface area contributed by atoms with Crippen LogP contribution in [0.2, 0.25) is 0 Å². The Morgan fingerprint density at radius 3 is 2.21 bits per heavy atom. The van der Waals surface area contributed by atoms with Crippen LogP contribution in [0.15, 0.2) is 60.2 Å². The van der Waals surface area contributed by atoms with E-state index in [1.165, 1.54) is 25.1 Å². The highest BCUT2D eigenvalue weighted by Gasteiger charge is 2.37. The zero-order chi connectivity index (χ0) is 24.6. The number of nitrogens with one attached hydrogen (secondary N) is 2. The molecule has 2 N–H and O–H groups in total. The Morgan fingerprint density at radius 2 is 1.59 bits per heavy atom. The van der Waals surface area contributed by atoms with Crippen molar-refractivity contribution in [1.82, 2.24) is 9.88 Å². The van der Waals surface area contributed by atoms with Gasteiger partial charge in [0.15, 0.2) is 0 Å². The summed E-state index contributed by atoms with van der Waals surface area (Å²) in [6, 6.07) is 13.0. The highest BCUT2D eigenvalue weighted by molar-refractivity contribution is 6.39. The molecule has 3 aromatic rings. The molecule has 1 aromatic heterocycles. The zero-order valence-corrected chi connectivity index (χ0v) is 18.7. The van der Waals surface area contributed by atoms with Gasteiger partial charge in [-0.2, -0.15) is 0 Å². The van der Waals surface area contributed by atoms with E-state index in [2.05, 4.69) is 10.6 Å². The van der Waals surface area contributed by atoms with Gasteiger partial charge in [0.2, 0.25) is 5.91 Å². The zero-order valence-electron chi connectivity index (χ0n) is 18.7. The van der Waals surface area contributed by atoms with E-state index in [0.717, 1.165) is 34.1 Å². The number of carbonyl (C=O) groups excluding carboxylic acids is 4. The summed E-state index contributed by atoms with van der Waals surface area (Å²) in [5, 5.41) is 4.87. The van der Waals surface area contributed by atoms with E-state index >= 15 is 0 Å². The number of imide groups is 2. The van der Waals surface area contributed by atoms with Crippen LogP contribution in [0, 0.1) is 19.7 Å². The highest BCUT2D eigenvalue weighted by atomic mass is 19.1. The van der Waals surface area contributed by atoms with Crippen LogP contribution < -0.4 is 15.5 Å². The number of hydrogen-bond donors (Lipinski definition) is 2. The van der Waals surface area contributed by atoms with Crippen LogP contribution >= 0.6 is 0 Å². The van der Waals surface area contributed by atoms with Gasteiger partial charge >= 0.3 is 6.03 Å². The van der Waals surface area contributed by atoms with Crippen molar-refractivity contribution in [2.45, 2.75) is 20.8 Å². The molecular weight excluding hydrogens is 439 g/mol. The molecule has 9 heteroatoms. The van der Waals surface area contributed by atoms with Crippen molar-refractivity contribution in [3.05, 3.63) is 82.9 Å². The lowest BCUT2D eigenvalue weighted by atomic mass is 10.1. The summed E-state index contributed by atoms with van der Waals surface area (Å²) in [6.07, 6.45) is 1.44. The Labute approximate surface area is 194 Å². The fourth-order valence-corrected chi connectivity index (χ4v) is 3.87. The van der Waals surface area contributed by atoms with Gasteiger partial charge in [0.25, 0.3) is 11.8 Å². The summed E-state index contributed by atoms with van der Waals surface area (Å²) in [5.41, 5.74) is 3.66. The summed E-state index contributed by atoms with van der Waals surface area (Å²) in [4.78, 5) is 49.9. The lowest BCUT2D eigenvalue weighted by molar-refractivity contribution is -0.122. The number of aromatic nitrogens is 1. The van der Waals surface area contributed by atoms with Gasteiger partial charge in [0.05, 0.1) is 5.69 Å². The number of hydrogen-bond acceptors (Lipinski definition) is 4. The first kappa shape index (κ1) is 22.7. The molecule has 0 radical (unpaired) electrons. The van der Waals surface area contributed by atoms with E-state index in [4.69, 9.17) is 0 Å². The van der Waals surface area contributed by atoms with Crippen LogP contribution in [0.5, 0.6) is 0 Å². The van der Waals surface area contributed by atoms with E-state index in [9.17, 15) is 23.6 Å². The normalized spacial score (nSPS) is 15.0. The van der Waals surface area contributed by atoms with Crippen molar-refractivity contribution in [3.8, 4) is 5.69 Å². The number of halogens is 1. The van der Waals surface area contributed by atoms with Crippen LogP contribution in [-0.4, -0.2) is 28.3 Å². The number of aryl methyl sites for hydroxylation is 1. The second-order valence-corrected chi connectivity index (χ2v) is 7.82. The minimum atomic E-state index is -0.900. The first-order chi connectivity index (χ1) is 16.2. The average molecular weight is 460 g/mol. The van der Waals surface area contributed by atoms with Crippen molar-refractivity contribution in [1.29, 1.82) is 0 Å². The van der Waals surface area contributed by atoms with Crippen LogP contribution in [0.1, 0.15) is 23.9 Å². The molecule has 0 saturated carbocycles. The topological polar surface area (TPSA) is 101 Å². The minimum absolute atomic E-state index is 0.145. The van der Waals surface area contributed by atoms with Crippen molar-refractivity contribution in [2.24, 2.45) is 0 Å². The predicted molar refractivity (Wildman–Crippen MR) is 125 cm³/mol. The summed E-state index contributed by atoms with van der Waals surface area (Å²) < 4.78 is 15.2. The van der Waals surface area contributed by atoms with Crippen molar-refractivity contribution < 1.29 is 23.6 Å². The molecule has 4 rings (SSSR count). The second-order valence-electron chi connectivity index (χ2n) is 7.82. The van der Waals surface area contributed by atoms with Gasteiger partial charge in [-0.3, -0.25) is 19.7 Å². The minimum Gasteiger partial charge on any atom is -0.326 e. The molecule has 0 bridgehead atoms. The highest BCUT2D eigenvalue weighted by Crippen LogP contribution is 2.26. The molecule has 5 amide bonds. The van der Waals surface area contributed by atoms with E-state index < -0.39 is 23.7 Å². The first-order valence-electron chi connectivity index (χ1n) is 10.4. The van der Waals surface area contributed by atoms with Crippen LogP contribution in [0.4, 0.5) is 20.6 Å². The van der Waals surface area contributed by atoms with Gasteiger partial charge in [-0.15, -0.1) is 0 Å². The number of amides is 5. The Morgan fingerprint density at radius 1 is 0.971 bits per heavy atom. The largest absolute Gasteiger partial charge is 0.335 e. The Balaban J connectivity index is 1.70. The van der Waals surface area contributed by atoms with Gasteiger partial charge in [-0.25, -0.2) is 14.1 Å². The van der Waals surface area contributed by atoms with Crippen molar-refractivity contribution >= 4 is 41.2 Å². The number of rotatable bonds is 4. The van der Waals surface area contributed by atoms with Crippen molar-refractivity contribution in [2.75, 3.05) is 10.2 Å². The SMILES string of the molecule is CC(=O)Nc1ccc(-n2c(C)cc(C=C3C(=O)NC(=O)N(c4ccc(F)cc4)C3=O)c2C)cc1. The van der Waals surface area contributed by atoms with E-state index in [1.807, 2.05) is 36.6 Å². The van der Waals surface area contributed by atoms with Gasteiger partial charge < -0.3 is 9.88 Å². The molecule has 8 nitrogen and oxygen atoms in total. The number of nitrogens with zero attached hydrogens (tertiary/aromatic N) is 2. The average Bonchev–Trinajstić information content (AvgIpc) is 3.05. The number of barbiturate groups is 1. The molecule has 0 atom stereocenters. The lowest BCUT2D eigenvalue weighted by Crippen LogP contribution is -2.54. The number of anilines is 2. The van der Waals surface area contributed by atoms with Crippen LogP contribution in [-0.2, 0) is 14.4 Å². The van der Waals surface area contributed by atoms with Crippen molar-refractivity contribution in [3.63, 3.8) is 0 Å². The number of benzene rings is 2. The molecule has 1 aliphatic rings. The fourth-order valence-electron chi connectivity index (χ4n) is 3.87. The van der Waals surface area contributed by atoms with E-state index in [-0.39, 0.29) is 17.2 Å². The molecule has 0 spiro atoms. The maximum Gasteiger partial charge on any atom is 0.335 e. The Kier molecular flexibility index (Phi) is 5.85. The quantitative estimate of drug-likeness (QED) is 0.456. The molecule has 1 fully saturated rings. The molecule has 1 saturated heterocycles. The monoisotopic (exact) mass is 460 g/mol. The summed E-state index contributed by atoms with van der Waals surface area (Å²) in [6.45, 7) is 5.16. The van der Waals surface area contributed by atoms with E-state index in [0.29, 0.717) is 11.3 Å². The smallest absolute Gasteiger partial charge is 0.326 e. The lowest BCUT2D eigenvalue weighted by Gasteiger charge is -2.26. The van der Waals surface area contributed by atoms with E-state index in [1.54, 1.807) is 12.1 Å². The molecule has 172 valence electrons. The number of carbonyl (C=O) groups is 4. The molecule has 0 aliphatic carbocycles. The van der Waals surface area contributed by atoms with Gasteiger partial charge in [0, 0.05) is 29.7 Å². The standard InChI is InChI=1S/C25H21FN4O4/c1-14-12-17(15(2)29(14)20-10-6-19(7-11-20)27-16(3)31)13-22-23(32)28-25(34)30(24(22)33)21-8-4-18(26)5-9-21/h4-13H,1-3H3,(H,27,31)(H,28,32,34). The molecular formula is C25H21FN4O4. The Hall–Kier alpha value is -4.53. The third-order valence-electron chi connectivity index (χ3n) is 5.40. The molecule has 0 unspecified atom stereocenters. The van der Waals surface area contributed by atoms with Gasteiger partial charge in [-0.1, -0.05) is 0 Å². The maximum absolute atomic E-state index is 13.3. The Bertz CT molecular complexity index is 1350. The van der Waals surface area contributed by atoms with Crippen LogP contribution in [0.25, 0.3) is 11.8 Å². The fraction of sp³-hybridized carbons (Fsp3) is 0.120. The summed E-state index contributed by atoms with van der Waals surface area (Å²) in [5.74, 6) is -2.29. The molecule has 1 aliphatic heterocycles. The third-order valence-corrected chi connectivity index (χ3v) is 5.40. The molecule has 2 heterocycles. The number of urea groups is 1. The van der Waals surface area contributed by atoms with Crippen LogP contribution in [0.3, 0.4) is 0 Å². The van der Waals surface area contributed by atoms with Gasteiger partial charge in [-0.05, 0) is 80.1 Å². The third kappa shape index (κ3) is 4.23. The summed E-state index contributed by atoms with van der Waals surface area (Å²) in [7, 11) is 0. The predicted octanol–water partition coefficient (Wildman–Crippen LogP) is 3.86. The maximum atomic E-state index is 13.3. The van der Waals surface area contributed by atoms with Gasteiger partial charge in [0.1, 0.15) is 11.4 Å². The second kappa shape index (κ2) is 8.78. The summed E-state index contributed by atoms with van der Waals surface area (Å²) >= 11 is 0. The molecule has 2 aromatic carbocycles. The molecule has 34 heavy (non-hydrogen) atoms. The first-order valence-corrected chi connectivity index (χ1v) is 10.4.